The van der Waals surface area contributed by atoms with E-state index in [0.29, 0.717) is 0 Å². The minimum Gasteiger partial charge on any atom is -0.345 e. The first-order valence-electron chi connectivity index (χ1n) is 14.7. The Morgan fingerprint density at radius 2 is 1.10 bits per heavy atom. The molecule has 0 aliphatic carbocycles. The molecule has 6 aromatic rings. The molecule has 42 heavy (non-hydrogen) atoms. The molecule has 0 aliphatic heterocycles. The molecule has 0 atom stereocenters. The lowest BCUT2D eigenvalue weighted by Crippen LogP contribution is -2.70. The molecule has 6 rings (SSSR count). The lowest BCUT2D eigenvalue weighted by molar-refractivity contribution is 0.889. The van der Waals surface area contributed by atoms with Crippen molar-refractivity contribution < 1.29 is 0 Å². The molecule has 5 heteroatoms. The Kier molecular flexibility index (Phi) is 8.88. The summed E-state index contributed by atoms with van der Waals surface area (Å²) in [4.78, 5) is 4.99. The van der Waals surface area contributed by atoms with E-state index in [1.54, 1.807) is 0 Å². The van der Waals surface area contributed by atoms with Crippen LogP contribution in [0.5, 0.6) is 0 Å². The van der Waals surface area contributed by atoms with Crippen molar-refractivity contribution in [3.8, 4) is 0 Å². The van der Waals surface area contributed by atoms with Gasteiger partial charge in [-0.1, -0.05) is 146 Å². The Balaban J connectivity index is 1.47. The molecule has 206 valence electrons. The number of thiol groups is 1. The van der Waals surface area contributed by atoms with Crippen molar-refractivity contribution in [2.24, 2.45) is 0 Å². The first-order chi connectivity index (χ1) is 20.8. The van der Waals surface area contributed by atoms with Crippen LogP contribution in [0.4, 0.5) is 0 Å². The van der Waals surface area contributed by atoms with Gasteiger partial charge in [0.1, 0.15) is 0 Å². The van der Waals surface area contributed by atoms with E-state index in [-0.39, 0.29) is 5.82 Å². The molecule has 5 aromatic carbocycles. The van der Waals surface area contributed by atoms with Crippen LogP contribution >= 0.6 is 12.6 Å². The van der Waals surface area contributed by atoms with E-state index in [0.717, 1.165) is 31.3 Å². The topological polar surface area (TPSA) is 17.8 Å². The van der Waals surface area contributed by atoms with Crippen LogP contribution < -0.4 is 21.3 Å². The first kappa shape index (κ1) is 28.1. The summed E-state index contributed by atoms with van der Waals surface area (Å²) in [5.74, 6) is 1.07. The van der Waals surface area contributed by atoms with Crippen LogP contribution in [-0.2, 0) is 12.6 Å². The SMILES string of the molecule is SCCc1ccc([Si](Cn2ccnc2BC(c2ccccc2)c2ccccc2)(c2ccccc2)c2ccccc2)cc1. The van der Waals surface area contributed by atoms with Crippen LogP contribution in [0.25, 0.3) is 0 Å². The maximum absolute atomic E-state index is 4.99. The van der Waals surface area contributed by atoms with E-state index < -0.39 is 8.07 Å². The average Bonchev–Trinajstić information content (AvgIpc) is 3.51. The number of aromatic nitrogens is 2. The number of aryl methyl sites for hydroxylation is 1. The van der Waals surface area contributed by atoms with E-state index in [1.165, 1.54) is 32.3 Å². The third kappa shape index (κ3) is 5.94. The van der Waals surface area contributed by atoms with Gasteiger partial charge in [-0.25, -0.2) is 0 Å². The number of benzene rings is 5. The summed E-state index contributed by atoms with van der Waals surface area (Å²) in [5.41, 5.74) is 5.07. The molecule has 0 aliphatic rings. The van der Waals surface area contributed by atoms with Gasteiger partial charge in [0, 0.05) is 18.6 Å². The van der Waals surface area contributed by atoms with Crippen LogP contribution in [0, 0.1) is 0 Å². The van der Waals surface area contributed by atoms with Crippen LogP contribution in [0.2, 0.25) is 0 Å². The normalized spacial score (nSPS) is 11.5. The van der Waals surface area contributed by atoms with E-state index in [1.807, 2.05) is 6.20 Å². The second kappa shape index (κ2) is 13.3. The summed E-state index contributed by atoms with van der Waals surface area (Å²) in [6, 6.07) is 53.3. The predicted molar refractivity (Wildman–Crippen MR) is 185 cm³/mol. The van der Waals surface area contributed by atoms with Crippen molar-refractivity contribution in [2.75, 3.05) is 5.75 Å². The smallest absolute Gasteiger partial charge is 0.217 e. The summed E-state index contributed by atoms with van der Waals surface area (Å²) in [5, 5.41) is 4.21. The Labute approximate surface area is 256 Å². The summed E-state index contributed by atoms with van der Waals surface area (Å²) in [6.07, 6.45) is 6.01. The Bertz CT molecular complexity index is 1600. The minimum atomic E-state index is -2.51. The van der Waals surface area contributed by atoms with Crippen molar-refractivity contribution in [3.05, 3.63) is 175 Å². The maximum atomic E-state index is 4.99. The van der Waals surface area contributed by atoms with E-state index in [2.05, 4.69) is 169 Å². The molecule has 1 aromatic heterocycles. The van der Waals surface area contributed by atoms with Gasteiger partial charge in [0.2, 0.25) is 7.28 Å². The molecule has 1 heterocycles. The van der Waals surface area contributed by atoms with Gasteiger partial charge in [-0.15, -0.1) is 0 Å². The highest BCUT2D eigenvalue weighted by Gasteiger charge is 2.40. The largest absolute Gasteiger partial charge is 0.345 e. The molecule has 2 nitrogen and oxygen atoms in total. The van der Waals surface area contributed by atoms with Crippen LogP contribution in [-0.4, -0.2) is 30.7 Å². The predicted octanol–water partition coefficient (Wildman–Crippen LogP) is 4.92. The minimum absolute atomic E-state index is 0.221. The summed E-state index contributed by atoms with van der Waals surface area (Å²) >= 11 is 4.48. The highest BCUT2D eigenvalue weighted by atomic mass is 32.1. The van der Waals surface area contributed by atoms with Gasteiger partial charge < -0.3 is 4.57 Å². The molecular formula is C37H35BN2SSi. The quantitative estimate of drug-likeness (QED) is 0.131. The van der Waals surface area contributed by atoms with Crippen molar-refractivity contribution in [3.63, 3.8) is 0 Å². The number of hydrogen-bond donors (Lipinski definition) is 1. The number of imidazole rings is 1. The third-order valence-corrected chi connectivity index (χ3v) is 13.4. The molecule has 0 amide bonds. The van der Waals surface area contributed by atoms with Crippen LogP contribution in [0.3, 0.4) is 0 Å². The highest BCUT2D eigenvalue weighted by Crippen LogP contribution is 2.23. The van der Waals surface area contributed by atoms with Gasteiger partial charge >= 0.3 is 0 Å². The number of rotatable bonds is 11. The van der Waals surface area contributed by atoms with Gasteiger partial charge in [-0.2, -0.15) is 12.6 Å². The summed E-state index contributed by atoms with van der Waals surface area (Å²) in [6.45, 7) is 0. The van der Waals surface area contributed by atoms with Gasteiger partial charge in [0.05, 0.1) is 5.72 Å². The third-order valence-electron chi connectivity index (χ3n) is 8.38. The Hall–Kier alpha value is -4.06. The zero-order valence-corrected chi connectivity index (χ0v) is 25.7. The second-order valence-corrected chi connectivity index (χ2v) is 15.2. The fourth-order valence-corrected chi connectivity index (χ4v) is 11.1. The molecule has 0 bridgehead atoms. The maximum Gasteiger partial charge on any atom is 0.217 e. The Morgan fingerprint density at radius 3 is 1.60 bits per heavy atom. The van der Waals surface area contributed by atoms with E-state index in [9.17, 15) is 0 Å². The monoisotopic (exact) mass is 578 g/mol. The van der Waals surface area contributed by atoms with Crippen LogP contribution in [0.15, 0.2) is 158 Å². The molecule has 0 saturated carbocycles. The summed E-state index contributed by atoms with van der Waals surface area (Å²) < 4.78 is 2.44. The summed E-state index contributed by atoms with van der Waals surface area (Å²) in [7, 11) is -1.68. The van der Waals surface area contributed by atoms with Crippen molar-refractivity contribution in [1.82, 2.24) is 9.55 Å². The van der Waals surface area contributed by atoms with Gasteiger partial charge in [0.25, 0.3) is 0 Å². The zero-order chi connectivity index (χ0) is 28.6. The van der Waals surface area contributed by atoms with E-state index >= 15 is 0 Å². The lowest BCUT2D eigenvalue weighted by Gasteiger charge is -2.35. The van der Waals surface area contributed by atoms with E-state index in [4.69, 9.17) is 4.98 Å². The van der Waals surface area contributed by atoms with Gasteiger partial charge in [-0.3, -0.25) is 4.98 Å². The first-order valence-corrected chi connectivity index (χ1v) is 17.5. The molecule has 0 fully saturated rings. The number of hydrogen-bond acceptors (Lipinski definition) is 2. The molecule has 0 N–H and O–H groups in total. The second-order valence-electron chi connectivity index (χ2n) is 10.9. The molecule has 0 unspecified atom stereocenters. The highest BCUT2D eigenvalue weighted by molar-refractivity contribution is 7.80. The molecule has 0 radical (unpaired) electrons. The Morgan fingerprint density at radius 1 is 0.619 bits per heavy atom. The van der Waals surface area contributed by atoms with Crippen molar-refractivity contribution >= 4 is 49.3 Å². The van der Waals surface area contributed by atoms with Gasteiger partial charge in [0.15, 0.2) is 8.07 Å². The fourth-order valence-electron chi connectivity index (χ4n) is 6.22. The molecule has 0 saturated heterocycles. The fraction of sp³-hybridized carbons (Fsp3) is 0.108. The van der Waals surface area contributed by atoms with Crippen molar-refractivity contribution in [2.45, 2.75) is 18.4 Å². The number of nitrogens with zero attached hydrogens (tertiary/aromatic N) is 2. The van der Waals surface area contributed by atoms with Crippen molar-refractivity contribution in [1.29, 1.82) is 0 Å². The van der Waals surface area contributed by atoms with Gasteiger partial charge in [-0.05, 0) is 50.2 Å². The zero-order valence-electron chi connectivity index (χ0n) is 23.8. The lowest BCUT2D eigenvalue weighted by atomic mass is 9.58. The average molecular weight is 579 g/mol. The molecular weight excluding hydrogens is 543 g/mol. The molecule has 0 spiro atoms. The van der Waals surface area contributed by atoms with Crippen LogP contribution in [0.1, 0.15) is 22.5 Å². The standard InChI is InChI=1S/C37H35BN2SSi/c41-28-25-30-21-23-35(24-22-30)42(33-17-9-3-10-18-33,34-19-11-4-12-20-34)29-40-27-26-39-37(40)38-36(31-13-5-1-6-14-31)32-15-7-2-8-16-32/h1-24,26-27,36,38,41H,25,28-29H2.